The van der Waals surface area contributed by atoms with Crippen LogP contribution in [0.5, 0.6) is 0 Å². The lowest BCUT2D eigenvalue weighted by molar-refractivity contribution is -0.384. The molecular formula is C19H13ClN2O4. The number of hydrogen-bond donors (Lipinski definition) is 0. The first-order valence-electron chi connectivity index (χ1n) is 7.67. The number of halogens is 1. The van der Waals surface area contributed by atoms with Gasteiger partial charge in [-0.1, -0.05) is 48.0 Å². The van der Waals surface area contributed by atoms with Crippen LogP contribution >= 0.6 is 11.6 Å². The Morgan fingerprint density at radius 1 is 1.08 bits per heavy atom. The molecular weight excluding hydrogens is 356 g/mol. The molecule has 3 aromatic rings. The van der Waals surface area contributed by atoms with E-state index in [9.17, 15) is 14.9 Å². The van der Waals surface area contributed by atoms with Crippen LogP contribution in [0.4, 0.5) is 5.69 Å². The summed E-state index contributed by atoms with van der Waals surface area (Å²) in [4.78, 5) is 27.1. The van der Waals surface area contributed by atoms with Gasteiger partial charge in [-0.15, -0.1) is 0 Å². The fraction of sp³-hybridized carbons (Fsp3) is 0.0526. The molecule has 3 rings (SSSR count). The summed E-state index contributed by atoms with van der Waals surface area (Å²) in [6.07, 6.45) is 0.883. The molecule has 130 valence electrons. The Kier molecular flexibility index (Phi) is 5.24. The molecule has 0 fully saturated rings. The van der Waals surface area contributed by atoms with Crippen LogP contribution in [0.2, 0.25) is 5.02 Å². The molecule has 0 radical (unpaired) electrons. The predicted molar refractivity (Wildman–Crippen MR) is 96.0 cm³/mol. The van der Waals surface area contributed by atoms with E-state index in [1.807, 2.05) is 30.3 Å². The van der Waals surface area contributed by atoms with E-state index in [0.29, 0.717) is 5.69 Å². The van der Waals surface area contributed by atoms with Crippen molar-refractivity contribution in [3.8, 4) is 0 Å². The highest BCUT2D eigenvalue weighted by atomic mass is 35.5. The zero-order valence-electron chi connectivity index (χ0n) is 13.4. The van der Waals surface area contributed by atoms with E-state index in [-0.39, 0.29) is 16.3 Å². The largest absolute Gasteiger partial charge is 0.447 e. The molecule has 0 saturated heterocycles. The molecule has 0 aliphatic heterocycles. The van der Waals surface area contributed by atoms with Crippen molar-refractivity contribution in [2.24, 2.45) is 0 Å². The van der Waals surface area contributed by atoms with Crippen molar-refractivity contribution in [3.05, 3.63) is 105 Å². The lowest BCUT2D eigenvalue weighted by Gasteiger charge is -2.18. The quantitative estimate of drug-likeness (QED) is 0.373. The molecule has 0 N–H and O–H groups in total. The van der Waals surface area contributed by atoms with Crippen LogP contribution in [-0.4, -0.2) is 15.9 Å². The van der Waals surface area contributed by atoms with Gasteiger partial charge in [0, 0.05) is 18.3 Å². The van der Waals surface area contributed by atoms with Gasteiger partial charge >= 0.3 is 5.97 Å². The first-order valence-corrected chi connectivity index (χ1v) is 8.05. The molecule has 1 aromatic heterocycles. The second-order valence-corrected chi connectivity index (χ2v) is 5.78. The number of nitro benzene ring substituents is 1. The molecule has 1 atom stereocenters. The Hall–Kier alpha value is -3.25. The Balaban J connectivity index is 1.92. The van der Waals surface area contributed by atoms with Gasteiger partial charge in [0.25, 0.3) is 5.69 Å². The molecule has 0 amide bonds. The molecule has 7 heteroatoms. The van der Waals surface area contributed by atoms with Gasteiger partial charge in [0.1, 0.15) is 0 Å². The fourth-order valence-corrected chi connectivity index (χ4v) is 2.66. The lowest BCUT2D eigenvalue weighted by Crippen LogP contribution is -2.14. The Morgan fingerprint density at radius 3 is 2.42 bits per heavy atom. The predicted octanol–water partition coefficient (Wildman–Crippen LogP) is 4.59. The number of esters is 1. The average molecular weight is 369 g/mol. The van der Waals surface area contributed by atoms with Crippen LogP contribution in [0.3, 0.4) is 0 Å². The summed E-state index contributed by atoms with van der Waals surface area (Å²) in [5.74, 6) is -0.690. The summed E-state index contributed by atoms with van der Waals surface area (Å²) in [6.45, 7) is 0. The minimum atomic E-state index is -0.726. The van der Waals surface area contributed by atoms with Crippen molar-refractivity contribution in [1.82, 2.24) is 4.98 Å². The van der Waals surface area contributed by atoms with Gasteiger partial charge < -0.3 is 4.74 Å². The summed E-state index contributed by atoms with van der Waals surface area (Å²) >= 11 is 6.02. The third kappa shape index (κ3) is 3.87. The van der Waals surface area contributed by atoms with E-state index in [1.54, 1.807) is 24.4 Å². The van der Waals surface area contributed by atoms with Crippen molar-refractivity contribution < 1.29 is 14.5 Å². The molecule has 0 aliphatic carbocycles. The van der Waals surface area contributed by atoms with Gasteiger partial charge in [0.2, 0.25) is 0 Å². The van der Waals surface area contributed by atoms with E-state index in [2.05, 4.69) is 4.98 Å². The smallest absolute Gasteiger partial charge is 0.340 e. The number of nitro groups is 1. The summed E-state index contributed by atoms with van der Waals surface area (Å²) in [6, 6.07) is 18.1. The number of carbonyl (C=O) groups excluding carboxylic acids is 1. The standard InChI is InChI=1S/C19H13ClN2O4/c20-16-12-14(22(24)25)9-10-15(16)19(23)26-18(13-6-2-1-3-7-13)17-8-4-5-11-21-17/h1-12,18H/t18-/m1/s1. The van der Waals surface area contributed by atoms with E-state index in [1.165, 1.54) is 12.1 Å². The number of ether oxygens (including phenoxy) is 1. The van der Waals surface area contributed by atoms with Crippen molar-refractivity contribution in [3.63, 3.8) is 0 Å². The molecule has 0 bridgehead atoms. The summed E-state index contributed by atoms with van der Waals surface area (Å²) in [7, 11) is 0. The minimum absolute atomic E-state index is 0.0444. The second kappa shape index (κ2) is 7.76. The topological polar surface area (TPSA) is 82.3 Å². The Labute approximate surface area is 154 Å². The molecule has 0 aliphatic rings. The van der Waals surface area contributed by atoms with Crippen LogP contribution in [0.1, 0.15) is 27.7 Å². The van der Waals surface area contributed by atoms with Crippen LogP contribution in [0.25, 0.3) is 0 Å². The Morgan fingerprint density at radius 2 is 1.81 bits per heavy atom. The number of benzene rings is 2. The first kappa shape index (κ1) is 17.6. The number of nitrogens with zero attached hydrogens (tertiary/aromatic N) is 2. The van der Waals surface area contributed by atoms with Crippen molar-refractivity contribution in [1.29, 1.82) is 0 Å². The molecule has 0 saturated carbocycles. The number of hydrogen-bond acceptors (Lipinski definition) is 5. The highest BCUT2D eigenvalue weighted by Gasteiger charge is 2.23. The zero-order valence-corrected chi connectivity index (χ0v) is 14.2. The molecule has 1 heterocycles. The highest BCUT2D eigenvalue weighted by Crippen LogP contribution is 2.28. The van der Waals surface area contributed by atoms with Crippen LogP contribution in [-0.2, 0) is 4.74 Å². The highest BCUT2D eigenvalue weighted by molar-refractivity contribution is 6.33. The third-order valence-corrected chi connectivity index (χ3v) is 3.98. The van der Waals surface area contributed by atoms with Crippen LogP contribution in [0.15, 0.2) is 72.9 Å². The monoisotopic (exact) mass is 368 g/mol. The molecule has 6 nitrogen and oxygen atoms in total. The molecule has 0 spiro atoms. The van der Waals surface area contributed by atoms with Gasteiger partial charge in [-0.2, -0.15) is 0 Å². The fourth-order valence-electron chi connectivity index (χ4n) is 2.41. The van der Waals surface area contributed by atoms with Crippen molar-refractivity contribution in [2.45, 2.75) is 6.10 Å². The van der Waals surface area contributed by atoms with E-state index in [4.69, 9.17) is 16.3 Å². The lowest BCUT2D eigenvalue weighted by atomic mass is 10.1. The van der Waals surface area contributed by atoms with Gasteiger partial charge in [-0.05, 0) is 23.8 Å². The summed E-state index contributed by atoms with van der Waals surface area (Å²) in [5, 5.41) is 10.8. The van der Waals surface area contributed by atoms with E-state index in [0.717, 1.165) is 11.6 Å². The van der Waals surface area contributed by atoms with Crippen molar-refractivity contribution in [2.75, 3.05) is 0 Å². The first-order chi connectivity index (χ1) is 12.6. The van der Waals surface area contributed by atoms with E-state index >= 15 is 0 Å². The second-order valence-electron chi connectivity index (χ2n) is 5.37. The summed E-state index contributed by atoms with van der Waals surface area (Å²) in [5.41, 5.74) is 1.16. The Bertz CT molecular complexity index is 893. The number of carbonyl (C=O) groups is 1. The zero-order chi connectivity index (χ0) is 18.5. The SMILES string of the molecule is O=C(O[C@H](c1ccccc1)c1ccccn1)c1ccc([N+](=O)[O-])cc1Cl. The molecule has 2 aromatic carbocycles. The number of rotatable bonds is 5. The van der Waals surface area contributed by atoms with Crippen molar-refractivity contribution >= 4 is 23.3 Å². The maximum Gasteiger partial charge on any atom is 0.340 e. The maximum absolute atomic E-state index is 12.6. The number of pyridine rings is 1. The number of aromatic nitrogens is 1. The normalized spacial score (nSPS) is 11.6. The molecule has 26 heavy (non-hydrogen) atoms. The van der Waals surface area contributed by atoms with Crippen LogP contribution in [0, 0.1) is 10.1 Å². The minimum Gasteiger partial charge on any atom is -0.447 e. The van der Waals surface area contributed by atoms with Gasteiger partial charge in [-0.25, -0.2) is 4.79 Å². The van der Waals surface area contributed by atoms with Gasteiger partial charge in [-0.3, -0.25) is 15.1 Å². The van der Waals surface area contributed by atoms with Crippen LogP contribution < -0.4 is 0 Å². The van der Waals surface area contributed by atoms with Gasteiger partial charge in [0.05, 0.1) is 21.2 Å². The van der Waals surface area contributed by atoms with Gasteiger partial charge in [0.15, 0.2) is 6.10 Å². The maximum atomic E-state index is 12.6. The third-order valence-electron chi connectivity index (χ3n) is 3.67. The van der Waals surface area contributed by atoms with E-state index < -0.39 is 17.0 Å². The average Bonchev–Trinajstić information content (AvgIpc) is 2.67. The summed E-state index contributed by atoms with van der Waals surface area (Å²) < 4.78 is 5.63. The molecule has 0 unspecified atom stereocenters. The number of non-ortho nitro benzene ring substituents is 1.